The predicted octanol–water partition coefficient (Wildman–Crippen LogP) is 2.31. The van der Waals surface area contributed by atoms with Crippen molar-refractivity contribution in [3.63, 3.8) is 0 Å². The van der Waals surface area contributed by atoms with Crippen LogP contribution in [0.3, 0.4) is 0 Å². The van der Waals surface area contributed by atoms with Crippen LogP contribution in [0.15, 0.2) is 0 Å². The molecule has 0 unspecified atom stereocenters. The summed E-state index contributed by atoms with van der Waals surface area (Å²) in [4.78, 5) is 0. The Hall–Kier alpha value is -0.440. The topological polar surface area (TPSA) is 57.4 Å². The van der Waals surface area contributed by atoms with E-state index in [0.29, 0.717) is 14.3 Å². The second kappa shape index (κ2) is 3.74. The SMILES string of the molecule is S=c1[nH]nc(Cc2n[nH]c(=S)s2)s1. The van der Waals surface area contributed by atoms with E-state index >= 15 is 0 Å². The normalized spacial score (nSPS) is 10.5. The molecule has 0 atom stereocenters. The molecule has 0 bridgehead atoms. The molecule has 2 aromatic rings. The number of nitrogens with zero attached hydrogens (tertiary/aromatic N) is 2. The molecule has 0 aliphatic heterocycles. The van der Waals surface area contributed by atoms with E-state index < -0.39 is 0 Å². The molecule has 0 aromatic carbocycles. The summed E-state index contributed by atoms with van der Waals surface area (Å²) in [5.41, 5.74) is 0. The van der Waals surface area contributed by atoms with Crippen LogP contribution in [0.2, 0.25) is 0 Å². The second-order valence-corrected chi connectivity index (χ2v) is 5.69. The minimum Gasteiger partial charge on any atom is -0.258 e. The van der Waals surface area contributed by atoms with Gasteiger partial charge in [-0.15, -0.1) is 0 Å². The summed E-state index contributed by atoms with van der Waals surface area (Å²) >= 11 is 12.7. The molecule has 0 aliphatic rings. The average Bonchev–Trinajstić information content (AvgIpc) is 2.62. The minimum atomic E-state index is 0.689. The van der Waals surface area contributed by atoms with Crippen molar-refractivity contribution in [2.24, 2.45) is 0 Å². The Bertz CT molecular complexity index is 456. The highest BCUT2D eigenvalue weighted by molar-refractivity contribution is 7.73. The van der Waals surface area contributed by atoms with Crippen LogP contribution in [0.25, 0.3) is 0 Å². The Morgan fingerprint density at radius 1 is 1.00 bits per heavy atom. The van der Waals surface area contributed by atoms with Crippen LogP contribution in [0, 0.1) is 7.91 Å². The number of nitrogens with one attached hydrogen (secondary N) is 2. The van der Waals surface area contributed by atoms with Gasteiger partial charge in [0, 0.05) is 0 Å². The molecule has 13 heavy (non-hydrogen) atoms. The van der Waals surface area contributed by atoms with Gasteiger partial charge in [-0.25, -0.2) is 0 Å². The maximum absolute atomic E-state index is 4.91. The van der Waals surface area contributed by atoms with Gasteiger partial charge < -0.3 is 0 Å². The summed E-state index contributed by atoms with van der Waals surface area (Å²) in [5, 5.41) is 15.4. The van der Waals surface area contributed by atoms with Gasteiger partial charge in [0.1, 0.15) is 10.0 Å². The zero-order valence-corrected chi connectivity index (χ0v) is 9.50. The Labute approximate surface area is 91.7 Å². The van der Waals surface area contributed by atoms with Crippen molar-refractivity contribution in [1.82, 2.24) is 20.4 Å². The number of aromatic amines is 2. The third-order valence-electron chi connectivity index (χ3n) is 1.27. The summed E-state index contributed by atoms with van der Waals surface area (Å²) in [6.45, 7) is 0. The molecule has 2 rings (SSSR count). The first-order valence-electron chi connectivity index (χ1n) is 3.33. The van der Waals surface area contributed by atoms with E-state index in [4.69, 9.17) is 24.4 Å². The van der Waals surface area contributed by atoms with Crippen molar-refractivity contribution in [3.05, 3.63) is 17.9 Å². The number of hydrogen-bond donors (Lipinski definition) is 2. The predicted molar refractivity (Wildman–Crippen MR) is 57.4 cm³/mol. The van der Waals surface area contributed by atoms with Crippen molar-refractivity contribution >= 4 is 47.1 Å². The van der Waals surface area contributed by atoms with E-state index in [1.165, 1.54) is 22.7 Å². The standard InChI is InChI=1S/C5H4N4S4/c10-4-8-6-2(12-4)1-3-7-9-5(11)13-3/h1H2,(H,8,10)(H,9,11). The lowest BCUT2D eigenvalue weighted by Gasteiger charge is -1.85. The average molecular weight is 248 g/mol. The van der Waals surface area contributed by atoms with Crippen molar-refractivity contribution < 1.29 is 0 Å². The van der Waals surface area contributed by atoms with E-state index in [9.17, 15) is 0 Å². The summed E-state index contributed by atoms with van der Waals surface area (Å²) < 4.78 is 1.38. The molecule has 68 valence electrons. The van der Waals surface area contributed by atoms with Crippen molar-refractivity contribution in [3.8, 4) is 0 Å². The first kappa shape index (κ1) is 9.13. The van der Waals surface area contributed by atoms with Crippen molar-refractivity contribution in [1.29, 1.82) is 0 Å². The summed E-state index contributed by atoms with van der Waals surface area (Å²) in [7, 11) is 0. The van der Waals surface area contributed by atoms with E-state index in [-0.39, 0.29) is 0 Å². The van der Waals surface area contributed by atoms with Gasteiger partial charge in [-0.1, -0.05) is 22.7 Å². The van der Waals surface area contributed by atoms with Gasteiger partial charge in [0.05, 0.1) is 6.42 Å². The molecule has 0 aliphatic carbocycles. The lowest BCUT2D eigenvalue weighted by atomic mass is 10.5. The van der Waals surface area contributed by atoms with Gasteiger partial charge in [0.15, 0.2) is 7.91 Å². The Morgan fingerprint density at radius 3 is 1.77 bits per heavy atom. The van der Waals surface area contributed by atoms with Gasteiger partial charge in [-0.05, 0) is 24.4 Å². The maximum Gasteiger partial charge on any atom is 0.176 e. The molecule has 0 saturated carbocycles. The monoisotopic (exact) mass is 248 g/mol. The number of hydrogen-bond acceptors (Lipinski definition) is 6. The molecule has 2 heterocycles. The highest BCUT2D eigenvalue weighted by Crippen LogP contribution is 2.13. The molecule has 8 heteroatoms. The second-order valence-electron chi connectivity index (χ2n) is 2.19. The van der Waals surface area contributed by atoms with Gasteiger partial charge in [-0.2, -0.15) is 10.2 Å². The van der Waals surface area contributed by atoms with Crippen LogP contribution in [-0.4, -0.2) is 20.4 Å². The third-order valence-corrected chi connectivity index (χ3v) is 3.45. The Kier molecular flexibility index (Phi) is 2.63. The molecule has 4 nitrogen and oxygen atoms in total. The van der Waals surface area contributed by atoms with Crippen LogP contribution < -0.4 is 0 Å². The zero-order chi connectivity index (χ0) is 9.26. The molecular weight excluding hydrogens is 244 g/mol. The largest absolute Gasteiger partial charge is 0.258 e. The van der Waals surface area contributed by atoms with Crippen LogP contribution in [-0.2, 0) is 6.42 Å². The molecule has 2 N–H and O–H groups in total. The van der Waals surface area contributed by atoms with Crippen molar-refractivity contribution in [2.75, 3.05) is 0 Å². The number of aromatic nitrogens is 4. The minimum absolute atomic E-state index is 0.689. The van der Waals surface area contributed by atoms with E-state index in [0.717, 1.165) is 10.0 Å². The highest BCUT2D eigenvalue weighted by Gasteiger charge is 2.03. The maximum atomic E-state index is 4.91. The van der Waals surface area contributed by atoms with Gasteiger partial charge in [-0.3, -0.25) is 10.2 Å². The van der Waals surface area contributed by atoms with Gasteiger partial charge >= 0.3 is 0 Å². The molecule has 0 radical (unpaired) electrons. The molecule has 0 saturated heterocycles. The summed E-state index contributed by atoms with van der Waals surface area (Å²) in [6, 6.07) is 0. The van der Waals surface area contributed by atoms with E-state index in [2.05, 4.69) is 20.4 Å². The Balaban J connectivity index is 2.23. The quantitative estimate of drug-likeness (QED) is 0.801. The molecule has 2 aromatic heterocycles. The lowest BCUT2D eigenvalue weighted by Crippen LogP contribution is -1.85. The fourth-order valence-corrected chi connectivity index (χ4v) is 2.77. The fraction of sp³-hybridized carbons (Fsp3) is 0.200. The lowest BCUT2D eigenvalue weighted by molar-refractivity contribution is 0.953. The van der Waals surface area contributed by atoms with E-state index in [1.54, 1.807) is 0 Å². The van der Waals surface area contributed by atoms with Gasteiger partial charge in [0.2, 0.25) is 0 Å². The molecule has 0 amide bonds. The molecule has 0 spiro atoms. The summed E-state index contributed by atoms with van der Waals surface area (Å²) in [6.07, 6.45) is 0.690. The zero-order valence-electron chi connectivity index (χ0n) is 6.23. The smallest absolute Gasteiger partial charge is 0.176 e. The van der Waals surface area contributed by atoms with E-state index in [1.807, 2.05) is 0 Å². The Morgan fingerprint density at radius 2 is 1.46 bits per heavy atom. The fourth-order valence-electron chi connectivity index (χ4n) is 0.802. The van der Waals surface area contributed by atoms with Crippen molar-refractivity contribution in [2.45, 2.75) is 6.42 Å². The van der Waals surface area contributed by atoms with Crippen LogP contribution >= 0.6 is 47.1 Å². The summed E-state index contributed by atoms with van der Waals surface area (Å²) in [5.74, 6) is 0. The number of rotatable bonds is 2. The third kappa shape index (κ3) is 2.27. The molecular formula is C5H4N4S4. The first-order valence-corrected chi connectivity index (χ1v) is 5.78. The van der Waals surface area contributed by atoms with Gasteiger partial charge in [0.25, 0.3) is 0 Å². The highest BCUT2D eigenvalue weighted by atomic mass is 32.2. The first-order chi connectivity index (χ1) is 6.24. The van der Waals surface area contributed by atoms with Crippen LogP contribution in [0.1, 0.15) is 10.0 Å². The van der Waals surface area contributed by atoms with Crippen LogP contribution in [0.5, 0.6) is 0 Å². The molecule has 0 fully saturated rings. The number of H-pyrrole nitrogens is 2. The van der Waals surface area contributed by atoms with Crippen LogP contribution in [0.4, 0.5) is 0 Å².